The summed E-state index contributed by atoms with van der Waals surface area (Å²) >= 11 is 1.04. The van der Waals surface area contributed by atoms with Crippen LogP contribution in [0.15, 0.2) is 47.3 Å². The molecule has 1 aliphatic rings. The van der Waals surface area contributed by atoms with Crippen molar-refractivity contribution in [1.29, 1.82) is 0 Å². The Hall–Kier alpha value is -3.42. The van der Waals surface area contributed by atoms with E-state index in [0.29, 0.717) is 21.3 Å². The molecule has 1 amide bonds. The van der Waals surface area contributed by atoms with E-state index in [4.69, 9.17) is 0 Å². The third-order valence-electron chi connectivity index (χ3n) is 4.35. The lowest BCUT2D eigenvalue weighted by molar-refractivity contribution is -0.142. The molecule has 0 saturated heterocycles. The monoisotopic (exact) mass is 471 g/mol. The third kappa shape index (κ3) is 4.90. The lowest BCUT2D eigenvalue weighted by Crippen LogP contribution is -2.43. The predicted molar refractivity (Wildman–Crippen MR) is 104 cm³/mol. The van der Waals surface area contributed by atoms with E-state index in [1.165, 1.54) is 24.0 Å². The number of halogens is 5. The molecule has 168 valence electrons. The Labute approximate surface area is 181 Å². The molecule has 3 aromatic heterocycles. The quantitative estimate of drug-likeness (QED) is 0.441. The van der Waals surface area contributed by atoms with Gasteiger partial charge in [-0.15, -0.1) is 11.3 Å². The number of amides is 1. The van der Waals surface area contributed by atoms with Crippen LogP contribution in [-0.2, 0) is 6.54 Å². The standard InChI is InChI=1S/C18H14F5N7OS/c19-17(20)30-7-12(14(28-30)11-3-1-2-4-24-11)26-15(31)13-8-32-16(27-13)10-5-25-29(6-10)9-18(21,22)23/h1-6,8,12,17H,7,9H2,(H,26,31). The second-order valence-corrected chi connectivity index (χ2v) is 7.56. The number of alkyl halides is 5. The molecule has 0 bridgehead atoms. The molecule has 0 fully saturated rings. The second-order valence-electron chi connectivity index (χ2n) is 6.71. The number of carbonyl (C=O) groups excluding carboxylic acids is 1. The van der Waals surface area contributed by atoms with Crippen molar-refractivity contribution in [2.45, 2.75) is 25.3 Å². The van der Waals surface area contributed by atoms with Gasteiger partial charge in [0, 0.05) is 23.3 Å². The van der Waals surface area contributed by atoms with Gasteiger partial charge < -0.3 is 5.32 Å². The summed E-state index contributed by atoms with van der Waals surface area (Å²) < 4.78 is 64.5. The minimum atomic E-state index is -4.42. The maximum Gasteiger partial charge on any atom is 0.408 e. The Morgan fingerprint density at radius 3 is 2.81 bits per heavy atom. The molecule has 0 radical (unpaired) electrons. The van der Waals surface area contributed by atoms with Crippen LogP contribution in [0.2, 0.25) is 0 Å². The molecule has 0 spiro atoms. The van der Waals surface area contributed by atoms with Gasteiger partial charge >= 0.3 is 12.7 Å². The van der Waals surface area contributed by atoms with E-state index >= 15 is 0 Å². The van der Waals surface area contributed by atoms with Gasteiger partial charge in [0.2, 0.25) is 0 Å². The molecule has 3 aromatic rings. The number of hydrogen-bond acceptors (Lipinski definition) is 7. The van der Waals surface area contributed by atoms with Crippen molar-refractivity contribution in [2.75, 3.05) is 6.54 Å². The first-order valence-corrected chi connectivity index (χ1v) is 9.98. The maximum absolute atomic E-state index is 13.2. The maximum atomic E-state index is 13.2. The van der Waals surface area contributed by atoms with Crippen LogP contribution >= 0.6 is 11.3 Å². The molecular weight excluding hydrogens is 457 g/mol. The molecule has 14 heteroatoms. The third-order valence-corrected chi connectivity index (χ3v) is 5.24. The van der Waals surface area contributed by atoms with Gasteiger partial charge in [0.25, 0.3) is 5.91 Å². The average Bonchev–Trinajstić information content (AvgIpc) is 3.46. The summed E-state index contributed by atoms with van der Waals surface area (Å²) in [5.74, 6) is -0.639. The molecule has 1 unspecified atom stereocenters. The molecule has 1 atom stereocenters. The van der Waals surface area contributed by atoms with E-state index in [9.17, 15) is 26.7 Å². The zero-order chi connectivity index (χ0) is 22.9. The topological polar surface area (TPSA) is 88.3 Å². The summed E-state index contributed by atoms with van der Waals surface area (Å²) in [6.07, 6.45) is -0.544. The van der Waals surface area contributed by atoms with Gasteiger partial charge in [0.15, 0.2) is 0 Å². The fourth-order valence-electron chi connectivity index (χ4n) is 2.99. The van der Waals surface area contributed by atoms with E-state index in [1.807, 2.05) is 0 Å². The minimum absolute atomic E-state index is 0.00978. The van der Waals surface area contributed by atoms with Gasteiger partial charge in [0.1, 0.15) is 23.0 Å². The molecule has 4 rings (SSSR count). The lowest BCUT2D eigenvalue weighted by Gasteiger charge is -2.15. The number of carbonyl (C=O) groups is 1. The number of pyridine rings is 1. The van der Waals surface area contributed by atoms with E-state index < -0.39 is 31.2 Å². The Morgan fingerprint density at radius 1 is 1.31 bits per heavy atom. The summed E-state index contributed by atoms with van der Waals surface area (Å²) in [7, 11) is 0. The first kappa shape index (κ1) is 21.8. The summed E-state index contributed by atoms with van der Waals surface area (Å²) in [5.41, 5.74) is 0.836. The highest BCUT2D eigenvalue weighted by atomic mass is 32.1. The van der Waals surface area contributed by atoms with Crippen LogP contribution in [0.4, 0.5) is 22.0 Å². The number of nitrogens with one attached hydrogen (secondary N) is 1. The van der Waals surface area contributed by atoms with Crippen molar-refractivity contribution in [3.05, 3.63) is 53.6 Å². The van der Waals surface area contributed by atoms with Crippen molar-refractivity contribution in [3.8, 4) is 10.6 Å². The Balaban J connectivity index is 1.49. The smallest absolute Gasteiger partial charge is 0.340 e. The van der Waals surface area contributed by atoms with Crippen LogP contribution in [0.25, 0.3) is 10.6 Å². The highest BCUT2D eigenvalue weighted by molar-refractivity contribution is 7.13. The van der Waals surface area contributed by atoms with E-state index in [-0.39, 0.29) is 18.0 Å². The molecule has 32 heavy (non-hydrogen) atoms. The first-order chi connectivity index (χ1) is 15.2. The number of nitrogens with zero attached hydrogens (tertiary/aromatic N) is 6. The van der Waals surface area contributed by atoms with Gasteiger partial charge in [-0.2, -0.15) is 32.2 Å². The number of thiazole rings is 1. The normalized spacial score (nSPS) is 16.5. The van der Waals surface area contributed by atoms with Gasteiger partial charge in [0.05, 0.1) is 24.5 Å². The summed E-state index contributed by atoms with van der Waals surface area (Å²) in [6, 6.07) is 4.06. The van der Waals surface area contributed by atoms with E-state index in [1.54, 1.807) is 18.2 Å². The second kappa shape index (κ2) is 8.61. The van der Waals surface area contributed by atoms with Crippen LogP contribution < -0.4 is 5.32 Å². The summed E-state index contributed by atoms with van der Waals surface area (Å²) in [4.78, 5) is 20.9. The number of hydrazone groups is 1. The molecule has 0 aliphatic carbocycles. The van der Waals surface area contributed by atoms with E-state index in [0.717, 1.165) is 16.0 Å². The highest BCUT2D eigenvalue weighted by Gasteiger charge is 2.34. The SMILES string of the molecule is O=C(NC1CN(C(F)F)N=C1c1ccccn1)c1csc(-c2cnn(CC(F)(F)F)c2)n1. The zero-order valence-electron chi connectivity index (χ0n) is 16.0. The average molecular weight is 471 g/mol. The predicted octanol–water partition coefficient (Wildman–Crippen LogP) is 3.00. The first-order valence-electron chi connectivity index (χ1n) is 9.10. The minimum Gasteiger partial charge on any atom is -0.340 e. The van der Waals surface area contributed by atoms with Crippen molar-refractivity contribution >= 4 is 23.0 Å². The van der Waals surface area contributed by atoms with Crippen LogP contribution in [0.1, 0.15) is 16.2 Å². The molecular formula is C18H14F5N7OS. The van der Waals surface area contributed by atoms with Gasteiger partial charge in [-0.05, 0) is 12.1 Å². The van der Waals surface area contributed by atoms with Crippen LogP contribution in [0.3, 0.4) is 0 Å². The molecule has 1 aliphatic heterocycles. The van der Waals surface area contributed by atoms with Crippen molar-refractivity contribution in [1.82, 2.24) is 30.1 Å². The molecule has 0 aromatic carbocycles. The van der Waals surface area contributed by atoms with Crippen LogP contribution in [0, 0.1) is 0 Å². The largest absolute Gasteiger partial charge is 0.408 e. The van der Waals surface area contributed by atoms with Crippen molar-refractivity contribution < 1.29 is 26.7 Å². The molecule has 4 heterocycles. The van der Waals surface area contributed by atoms with Gasteiger partial charge in [-0.1, -0.05) is 6.07 Å². The van der Waals surface area contributed by atoms with Crippen LogP contribution in [-0.4, -0.2) is 61.7 Å². The molecule has 8 nitrogen and oxygen atoms in total. The lowest BCUT2D eigenvalue weighted by atomic mass is 10.1. The van der Waals surface area contributed by atoms with Crippen molar-refractivity contribution in [2.24, 2.45) is 5.10 Å². The Bertz CT molecular complexity index is 1130. The Morgan fingerprint density at radius 2 is 2.12 bits per heavy atom. The fourth-order valence-corrected chi connectivity index (χ4v) is 3.77. The summed E-state index contributed by atoms with van der Waals surface area (Å²) in [6.45, 7) is -4.35. The number of hydrogen-bond donors (Lipinski definition) is 1. The van der Waals surface area contributed by atoms with Gasteiger partial charge in [-0.25, -0.2) is 9.99 Å². The fraction of sp³-hybridized carbons (Fsp3) is 0.278. The number of aromatic nitrogens is 4. The number of rotatable bonds is 6. The zero-order valence-corrected chi connectivity index (χ0v) is 16.8. The van der Waals surface area contributed by atoms with Gasteiger partial charge in [-0.3, -0.25) is 14.5 Å². The van der Waals surface area contributed by atoms with Crippen molar-refractivity contribution in [3.63, 3.8) is 0 Å². The molecule has 1 N–H and O–H groups in total. The highest BCUT2D eigenvalue weighted by Crippen LogP contribution is 2.25. The van der Waals surface area contributed by atoms with E-state index in [2.05, 4.69) is 25.5 Å². The Kier molecular flexibility index (Phi) is 5.86. The van der Waals surface area contributed by atoms with Crippen LogP contribution in [0.5, 0.6) is 0 Å². The molecule has 0 saturated carbocycles. The summed E-state index contributed by atoms with van der Waals surface area (Å²) in [5, 5.41) is 12.4.